The molecule has 1 aliphatic rings. The van der Waals surface area contributed by atoms with E-state index < -0.39 is 0 Å². The van der Waals surface area contributed by atoms with E-state index in [9.17, 15) is 9.59 Å². The molecule has 0 aromatic carbocycles. The van der Waals surface area contributed by atoms with E-state index in [4.69, 9.17) is 0 Å². The van der Waals surface area contributed by atoms with E-state index in [1.54, 1.807) is 15.9 Å². The van der Waals surface area contributed by atoms with Crippen LogP contribution in [0.2, 0.25) is 0 Å². The third-order valence-electron chi connectivity index (χ3n) is 3.52. The highest BCUT2D eigenvalue weighted by molar-refractivity contribution is 5.91. The summed E-state index contributed by atoms with van der Waals surface area (Å²) < 4.78 is 4.65. The molecule has 1 saturated heterocycles. The van der Waals surface area contributed by atoms with Crippen LogP contribution >= 0.6 is 0 Å². The van der Waals surface area contributed by atoms with Gasteiger partial charge >= 0.3 is 12.0 Å². The first-order valence-corrected chi connectivity index (χ1v) is 7.18. The number of rotatable bonds is 4. The zero-order valence-corrected chi connectivity index (χ0v) is 12.5. The van der Waals surface area contributed by atoms with Crippen LogP contribution in [-0.2, 0) is 9.53 Å². The Hall–Kier alpha value is -2.11. The molecular weight excluding hydrogens is 270 g/mol. The van der Waals surface area contributed by atoms with E-state index in [2.05, 4.69) is 9.72 Å². The first kappa shape index (κ1) is 15.3. The molecule has 21 heavy (non-hydrogen) atoms. The minimum atomic E-state index is -0.332. The number of hydrogen-bond donors (Lipinski definition) is 0. The van der Waals surface area contributed by atoms with Crippen molar-refractivity contribution < 1.29 is 14.3 Å². The third kappa shape index (κ3) is 3.93. The van der Waals surface area contributed by atoms with E-state index in [-0.39, 0.29) is 25.0 Å². The average Bonchev–Trinajstić information content (AvgIpc) is 3.01. The molecule has 0 radical (unpaired) electrons. The van der Waals surface area contributed by atoms with Crippen LogP contribution in [0.1, 0.15) is 25.0 Å². The normalized spacial score (nSPS) is 14.1. The third-order valence-corrected chi connectivity index (χ3v) is 3.52. The van der Waals surface area contributed by atoms with Gasteiger partial charge in [0.05, 0.1) is 13.5 Å². The van der Waals surface area contributed by atoms with Crippen LogP contribution in [0, 0.1) is 6.92 Å². The summed E-state index contributed by atoms with van der Waals surface area (Å²) in [5.41, 5.74) is 0.838. The summed E-state index contributed by atoms with van der Waals surface area (Å²) in [5.74, 6) is 0.248. The molecule has 6 nitrogen and oxygen atoms in total. The summed E-state index contributed by atoms with van der Waals surface area (Å²) in [6.07, 6.45) is 2.21. The molecule has 2 heterocycles. The molecule has 1 aliphatic heterocycles. The fourth-order valence-corrected chi connectivity index (χ4v) is 2.37. The van der Waals surface area contributed by atoms with Crippen molar-refractivity contribution >= 4 is 17.8 Å². The summed E-state index contributed by atoms with van der Waals surface area (Å²) in [4.78, 5) is 31.7. The zero-order chi connectivity index (χ0) is 15.2. The molecule has 6 heteroatoms. The number of carbonyl (C=O) groups excluding carboxylic acids is 2. The summed E-state index contributed by atoms with van der Waals surface area (Å²) in [5, 5.41) is 0. The topological polar surface area (TPSA) is 62.7 Å². The molecule has 0 unspecified atom stereocenters. The quantitative estimate of drug-likeness (QED) is 0.796. The van der Waals surface area contributed by atoms with Gasteiger partial charge in [-0.2, -0.15) is 0 Å². The molecule has 2 amide bonds. The second kappa shape index (κ2) is 7.06. The highest BCUT2D eigenvalue weighted by Crippen LogP contribution is 2.17. The van der Waals surface area contributed by atoms with E-state index in [0.29, 0.717) is 5.82 Å². The first-order valence-electron chi connectivity index (χ1n) is 7.18. The van der Waals surface area contributed by atoms with Gasteiger partial charge in [0.15, 0.2) is 0 Å². The van der Waals surface area contributed by atoms with Crippen molar-refractivity contribution in [1.82, 2.24) is 9.88 Å². The molecule has 0 atom stereocenters. The fourth-order valence-electron chi connectivity index (χ4n) is 2.37. The van der Waals surface area contributed by atoms with Gasteiger partial charge in [0, 0.05) is 25.3 Å². The molecule has 0 aliphatic carbocycles. The second-order valence-corrected chi connectivity index (χ2v) is 5.09. The predicted molar refractivity (Wildman–Crippen MR) is 79.2 cm³/mol. The number of hydrogen-bond acceptors (Lipinski definition) is 4. The predicted octanol–water partition coefficient (Wildman–Crippen LogP) is 1.98. The van der Waals surface area contributed by atoms with Gasteiger partial charge in [-0.05, 0) is 31.9 Å². The van der Waals surface area contributed by atoms with Gasteiger partial charge < -0.3 is 9.64 Å². The lowest BCUT2D eigenvalue weighted by Gasteiger charge is -2.27. The summed E-state index contributed by atoms with van der Waals surface area (Å²) in [6, 6.07) is 5.44. The largest absolute Gasteiger partial charge is 0.469 e. The monoisotopic (exact) mass is 291 g/mol. The second-order valence-electron chi connectivity index (χ2n) is 5.09. The van der Waals surface area contributed by atoms with Gasteiger partial charge in [0.25, 0.3) is 0 Å². The number of aromatic nitrogens is 1. The lowest BCUT2D eigenvalue weighted by molar-refractivity contribution is -0.140. The Morgan fingerprint density at radius 3 is 2.67 bits per heavy atom. The van der Waals surface area contributed by atoms with Crippen molar-refractivity contribution in [2.45, 2.75) is 26.2 Å². The Morgan fingerprint density at radius 1 is 1.33 bits per heavy atom. The Balaban J connectivity index is 2.16. The minimum Gasteiger partial charge on any atom is -0.469 e. The van der Waals surface area contributed by atoms with Crippen LogP contribution in [0.3, 0.4) is 0 Å². The molecule has 1 aromatic heterocycles. The summed E-state index contributed by atoms with van der Waals surface area (Å²) in [7, 11) is 1.35. The van der Waals surface area contributed by atoms with Gasteiger partial charge in [-0.3, -0.25) is 9.69 Å². The number of aryl methyl sites for hydroxylation is 1. The molecule has 0 N–H and O–H groups in total. The molecule has 0 spiro atoms. The van der Waals surface area contributed by atoms with Crippen molar-refractivity contribution in [3.05, 3.63) is 23.9 Å². The van der Waals surface area contributed by atoms with Gasteiger partial charge in [-0.25, -0.2) is 9.78 Å². The number of methoxy groups -OCH3 is 1. The van der Waals surface area contributed by atoms with E-state index >= 15 is 0 Å². The standard InChI is InChI=1S/C15H21N3O3/c1-12-6-5-7-13(16-12)18(11-8-14(19)21-2)15(20)17-9-3-4-10-17/h5-7H,3-4,8-11H2,1-2H3. The van der Waals surface area contributed by atoms with Crippen LogP contribution < -0.4 is 4.90 Å². The smallest absolute Gasteiger partial charge is 0.325 e. The highest BCUT2D eigenvalue weighted by atomic mass is 16.5. The number of ether oxygens (including phenoxy) is 1. The maximum absolute atomic E-state index is 12.6. The molecule has 0 saturated carbocycles. The van der Waals surface area contributed by atoms with Crippen LogP contribution in [0.4, 0.5) is 10.6 Å². The van der Waals surface area contributed by atoms with Crippen LogP contribution in [0.5, 0.6) is 0 Å². The van der Waals surface area contributed by atoms with Crippen molar-refractivity contribution in [3.8, 4) is 0 Å². The highest BCUT2D eigenvalue weighted by Gasteiger charge is 2.26. The number of amides is 2. The Bertz CT molecular complexity index is 513. The van der Waals surface area contributed by atoms with Gasteiger partial charge in [-0.15, -0.1) is 0 Å². The van der Waals surface area contributed by atoms with Crippen molar-refractivity contribution in [3.63, 3.8) is 0 Å². The Morgan fingerprint density at radius 2 is 2.05 bits per heavy atom. The molecular formula is C15H21N3O3. The molecule has 2 rings (SSSR count). The molecule has 0 bridgehead atoms. The number of esters is 1. The first-order chi connectivity index (χ1) is 10.1. The number of likely N-dealkylation sites (tertiary alicyclic amines) is 1. The van der Waals surface area contributed by atoms with Gasteiger partial charge in [0.2, 0.25) is 0 Å². The molecule has 1 aromatic rings. The maximum atomic E-state index is 12.6. The van der Waals surface area contributed by atoms with Gasteiger partial charge in [0.1, 0.15) is 5.82 Å². The Kier molecular flexibility index (Phi) is 5.14. The van der Waals surface area contributed by atoms with Crippen molar-refractivity contribution in [2.75, 3.05) is 31.6 Å². The number of nitrogens with zero attached hydrogens (tertiary/aromatic N) is 3. The van der Waals surface area contributed by atoms with Crippen LogP contribution in [0.15, 0.2) is 18.2 Å². The number of urea groups is 1. The lowest BCUT2D eigenvalue weighted by Crippen LogP contribution is -2.43. The zero-order valence-electron chi connectivity index (χ0n) is 12.5. The van der Waals surface area contributed by atoms with Crippen molar-refractivity contribution in [1.29, 1.82) is 0 Å². The minimum absolute atomic E-state index is 0.0884. The molecule has 114 valence electrons. The maximum Gasteiger partial charge on any atom is 0.325 e. The number of anilines is 1. The average molecular weight is 291 g/mol. The van der Waals surface area contributed by atoms with Crippen molar-refractivity contribution in [2.24, 2.45) is 0 Å². The number of pyridine rings is 1. The fraction of sp³-hybridized carbons (Fsp3) is 0.533. The van der Waals surface area contributed by atoms with Gasteiger partial charge in [-0.1, -0.05) is 6.07 Å². The molecule has 1 fully saturated rings. The number of carbonyl (C=O) groups is 2. The lowest BCUT2D eigenvalue weighted by atomic mass is 10.3. The summed E-state index contributed by atoms with van der Waals surface area (Å²) in [6.45, 7) is 3.68. The van der Waals surface area contributed by atoms with E-state index in [0.717, 1.165) is 31.6 Å². The Labute approximate surface area is 124 Å². The van der Waals surface area contributed by atoms with Crippen LogP contribution in [-0.4, -0.2) is 48.6 Å². The SMILES string of the molecule is COC(=O)CCN(C(=O)N1CCCC1)c1cccc(C)n1. The van der Waals surface area contributed by atoms with Crippen LogP contribution in [0.25, 0.3) is 0 Å². The summed E-state index contributed by atoms with van der Waals surface area (Å²) >= 11 is 0. The van der Waals surface area contributed by atoms with E-state index in [1.807, 2.05) is 19.1 Å². The van der Waals surface area contributed by atoms with E-state index in [1.165, 1.54) is 7.11 Å².